The van der Waals surface area contributed by atoms with Gasteiger partial charge < -0.3 is 5.32 Å². The molecule has 0 unspecified atom stereocenters. The lowest BCUT2D eigenvalue weighted by molar-refractivity contribution is 0.102. The van der Waals surface area contributed by atoms with E-state index in [4.69, 9.17) is 0 Å². The first kappa shape index (κ1) is 22.4. The van der Waals surface area contributed by atoms with Crippen LogP contribution in [-0.2, 0) is 16.4 Å². The van der Waals surface area contributed by atoms with Gasteiger partial charge >= 0.3 is 0 Å². The van der Waals surface area contributed by atoms with Crippen molar-refractivity contribution >= 4 is 39.1 Å². The number of benzene rings is 3. The van der Waals surface area contributed by atoms with Gasteiger partial charge in [0.15, 0.2) is 0 Å². The lowest BCUT2D eigenvalue weighted by Gasteiger charge is -2.30. The molecule has 1 aliphatic heterocycles. The van der Waals surface area contributed by atoms with Gasteiger partial charge in [-0.15, -0.1) is 11.8 Å². The van der Waals surface area contributed by atoms with E-state index in [2.05, 4.69) is 19.2 Å². The number of carbonyl (C=O) groups is 1. The lowest BCUT2D eigenvalue weighted by atomic mass is 10.0. The molecule has 0 saturated heterocycles. The summed E-state index contributed by atoms with van der Waals surface area (Å²) >= 11 is 1.63. The molecule has 0 saturated carbocycles. The van der Waals surface area contributed by atoms with Crippen molar-refractivity contribution in [2.45, 2.75) is 41.7 Å². The maximum atomic E-state index is 13.3. The fourth-order valence-corrected chi connectivity index (χ4v) is 6.29. The second-order valence-corrected chi connectivity index (χ2v) is 11.4. The van der Waals surface area contributed by atoms with Gasteiger partial charge in [0, 0.05) is 22.4 Å². The molecular formula is C25H26N2O3S2. The Balaban J connectivity index is 1.54. The molecule has 0 spiro atoms. The van der Waals surface area contributed by atoms with Crippen LogP contribution in [0, 0.1) is 0 Å². The first-order chi connectivity index (χ1) is 15.4. The molecule has 1 N–H and O–H groups in total. The number of fused-ring (bicyclic) bond motifs is 1. The normalized spacial score (nSPS) is 13.7. The summed E-state index contributed by atoms with van der Waals surface area (Å²) in [4.78, 5) is 14.0. The SMILES string of the molecule is CC(C)Sc1ccccc1C(=O)Nc1ccc(S(=O)(=O)N2CCCc3ccccc32)cc1. The van der Waals surface area contributed by atoms with Crippen molar-refractivity contribution in [3.63, 3.8) is 0 Å². The number of hydrogen-bond acceptors (Lipinski definition) is 4. The van der Waals surface area contributed by atoms with Crippen LogP contribution >= 0.6 is 11.8 Å². The molecule has 1 amide bonds. The van der Waals surface area contributed by atoms with Gasteiger partial charge in [0.2, 0.25) is 0 Å². The van der Waals surface area contributed by atoms with Crippen molar-refractivity contribution in [3.8, 4) is 0 Å². The summed E-state index contributed by atoms with van der Waals surface area (Å²) in [7, 11) is -3.68. The van der Waals surface area contributed by atoms with E-state index in [-0.39, 0.29) is 10.8 Å². The number of anilines is 2. The van der Waals surface area contributed by atoms with E-state index >= 15 is 0 Å². The smallest absolute Gasteiger partial charge is 0.264 e. The molecule has 1 heterocycles. The summed E-state index contributed by atoms with van der Waals surface area (Å²) < 4.78 is 28.1. The molecule has 0 aliphatic carbocycles. The zero-order chi connectivity index (χ0) is 22.7. The first-order valence-electron chi connectivity index (χ1n) is 10.6. The molecule has 5 nitrogen and oxygen atoms in total. The van der Waals surface area contributed by atoms with Crippen molar-refractivity contribution < 1.29 is 13.2 Å². The Bertz CT molecular complexity index is 1220. The number of nitrogens with one attached hydrogen (secondary N) is 1. The highest BCUT2D eigenvalue weighted by Gasteiger charge is 2.28. The summed E-state index contributed by atoms with van der Waals surface area (Å²) in [6, 6.07) is 21.5. The Kier molecular flexibility index (Phi) is 6.58. The van der Waals surface area contributed by atoms with Gasteiger partial charge in [0.05, 0.1) is 16.1 Å². The largest absolute Gasteiger partial charge is 0.322 e. The van der Waals surface area contributed by atoms with Gasteiger partial charge in [0.25, 0.3) is 15.9 Å². The van der Waals surface area contributed by atoms with Crippen LogP contribution in [0.2, 0.25) is 0 Å². The average molecular weight is 467 g/mol. The minimum atomic E-state index is -3.68. The quantitative estimate of drug-likeness (QED) is 0.482. The van der Waals surface area contributed by atoms with Crippen LogP contribution in [0.25, 0.3) is 0 Å². The van der Waals surface area contributed by atoms with Crippen LogP contribution in [0.4, 0.5) is 11.4 Å². The van der Waals surface area contributed by atoms with E-state index < -0.39 is 10.0 Å². The third-order valence-electron chi connectivity index (χ3n) is 5.26. The predicted octanol–water partition coefficient (Wildman–Crippen LogP) is 5.58. The molecule has 3 aromatic carbocycles. The van der Waals surface area contributed by atoms with Crippen LogP contribution in [0.1, 0.15) is 36.2 Å². The molecule has 7 heteroatoms. The van der Waals surface area contributed by atoms with Crippen molar-refractivity contribution in [2.24, 2.45) is 0 Å². The Morgan fingerprint density at radius 2 is 1.66 bits per heavy atom. The molecule has 0 fully saturated rings. The number of thioether (sulfide) groups is 1. The molecule has 166 valence electrons. The standard InChI is InChI=1S/C25H26N2O3S2/c1-18(2)31-24-12-6-4-10-22(24)25(28)26-20-13-15-21(16-14-20)32(29,30)27-17-7-9-19-8-3-5-11-23(19)27/h3-6,8,10-16,18H,7,9,17H2,1-2H3,(H,26,28). The number of amides is 1. The Hall–Kier alpha value is -2.77. The molecule has 3 aromatic rings. The third-order valence-corrected chi connectivity index (χ3v) is 8.17. The van der Waals surface area contributed by atoms with Gasteiger partial charge in [-0.2, -0.15) is 0 Å². The van der Waals surface area contributed by atoms with Crippen LogP contribution < -0.4 is 9.62 Å². The number of aryl methyl sites for hydroxylation is 1. The van der Waals surface area contributed by atoms with Crippen molar-refractivity contribution in [2.75, 3.05) is 16.2 Å². The van der Waals surface area contributed by atoms with Crippen molar-refractivity contribution in [1.29, 1.82) is 0 Å². The topological polar surface area (TPSA) is 66.5 Å². The first-order valence-corrected chi connectivity index (χ1v) is 13.0. The zero-order valence-corrected chi connectivity index (χ0v) is 19.7. The van der Waals surface area contributed by atoms with E-state index in [0.29, 0.717) is 23.0 Å². The van der Waals surface area contributed by atoms with Gasteiger partial charge in [-0.25, -0.2) is 8.42 Å². The summed E-state index contributed by atoms with van der Waals surface area (Å²) in [5.41, 5.74) is 2.95. The second-order valence-electron chi connectivity index (χ2n) is 7.95. The highest BCUT2D eigenvalue weighted by molar-refractivity contribution is 8.00. The van der Waals surface area contributed by atoms with Crippen LogP contribution in [0.15, 0.2) is 82.6 Å². The minimum absolute atomic E-state index is 0.211. The second kappa shape index (κ2) is 9.38. The average Bonchev–Trinajstić information content (AvgIpc) is 2.79. The van der Waals surface area contributed by atoms with E-state index in [1.807, 2.05) is 42.5 Å². The van der Waals surface area contributed by atoms with Crippen LogP contribution in [0.5, 0.6) is 0 Å². The van der Waals surface area contributed by atoms with E-state index in [1.165, 1.54) is 4.31 Å². The number of para-hydroxylation sites is 1. The monoisotopic (exact) mass is 466 g/mol. The number of hydrogen-bond donors (Lipinski definition) is 1. The van der Waals surface area contributed by atoms with Crippen LogP contribution in [-0.4, -0.2) is 26.1 Å². The summed E-state index contributed by atoms with van der Waals surface area (Å²) in [6.07, 6.45) is 1.67. The predicted molar refractivity (Wildman–Crippen MR) is 131 cm³/mol. The van der Waals surface area contributed by atoms with Crippen molar-refractivity contribution in [1.82, 2.24) is 0 Å². The molecular weight excluding hydrogens is 440 g/mol. The maximum absolute atomic E-state index is 13.3. The fraction of sp³-hybridized carbons (Fsp3) is 0.240. The molecule has 1 aliphatic rings. The summed E-state index contributed by atoms with van der Waals surface area (Å²) in [5, 5.41) is 3.24. The lowest BCUT2D eigenvalue weighted by Crippen LogP contribution is -2.35. The van der Waals surface area contributed by atoms with Gasteiger partial charge in [-0.1, -0.05) is 44.2 Å². The summed E-state index contributed by atoms with van der Waals surface area (Å²) in [5.74, 6) is -0.214. The van der Waals surface area contributed by atoms with E-state index in [9.17, 15) is 13.2 Å². The van der Waals surface area contributed by atoms with E-state index in [1.54, 1.807) is 42.1 Å². The Morgan fingerprint density at radius 3 is 2.41 bits per heavy atom. The minimum Gasteiger partial charge on any atom is -0.322 e. The maximum Gasteiger partial charge on any atom is 0.264 e. The number of carbonyl (C=O) groups excluding carboxylic acids is 1. The Morgan fingerprint density at radius 1 is 0.969 bits per heavy atom. The Labute approximate surface area is 193 Å². The number of rotatable bonds is 6. The molecule has 0 aromatic heterocycles. The third kappa shape index (κ3) is 4.69. The molecule has 4 rings (SSSR count). The van der Waals surface area contributed by atoms with Crippen LogP contribution in [0.3, 0.4) is 0 Å². The summed E-state index contributed by atoms with van der Waals surface area (Å²) in [6.45, 7) is 4.63. The fourth-order valence-electron chi connectivity index (χ4n) is 3.80. The van der Waals surface area contributed by atoms with Gasteiger partial charge in [-0.3, -0.25) is 9.10 Å². The molecule has 0 atom stereocenters. The van der Waals surface area contributed by atoms with Gasteiger partial charge in [-0.05, 0) is 60.9 Å². The molecule has 0 radical (unpaired) electrons. The zero-order valence-electron chi connectivity index (χ0n) is 18.1. The highest BCUT2D eigenvalue weighted by Crippen LogP contribution is 2.32. The van der Waals surface area contributed by atoms with Crippen molar-refractivity contribution in [3.05, 3.63) is 83.9 Å². The number of nitrogens with zero attached hydrogens (tertiary/aromatic N) is 1. The highest BCUT2D eigenvalue weighted by atomic mass is 32.2. The molecule has 0 bridgehead atoms. The van der Waals surface area contributed by atoms with E-state index in [0.717, 1.165) is 29.0 Å². The van der Waals surface area contributed by atoms with Gasteiger partial charge in [0.1, 0.15) is 0 Å². The number of sulfonamides is 1. The molecule has 32 heavy (non-hydrogen) atoms.